The molecular formula is C13H21N3O3S. The van der Waals surface area contributed by atoms with Crippen LogP contribution in [-0.2, 0) is 14.8 Å². The minimum absolute atomic E-state index is 0.303. The Kier molecular flexibility index (Phi) is 4.98. The molecule has 1 saturated heterocycles. The van der Waals surface area contributed by atoms with Gasteiger partial charge in [0, 0.05) is 45.5 Å². The van der Waals surface area contributed by atoms with Crippen LogP contribution in [0.5, 0.6) is 0 Å². The van der Waals surface area contributed by atoms with Crippen LogP contribution in [0.4, 0.5) is 5.69 Å². The number of ether oxygens (including phenoxy) is 1. The van der Waals surface area contributed by atoms with Gasteiger partial charge in [0.25, 0.3) is 0 Å². The van der Waals surface area contributed by atoms with Crippen LogP contribution in [0.1, 0.15) is 0 Å². The van der Waals surface area contributed by atoms with Crippen LogP contribution >= 0.6 is 0 Å². The van der Waals surface area contributed by atoms with Crippen LogP contribution in [0.25, 0.3) is 0 Å². The third-order valence-electron chi connectivity index (χ3n) is 3.46. The summed E-state index contributed by atoms with van der Waals surface area (Å²) in [6, 6.07) is 6.34. The molecule has 0 spiro atoms. The second kappa shape index (κ2) is 6.53. The fraction of sp³-hybridized carbons (Fsp3) is 0.538. The average molecular weight is 299 g/mol. The second-order valence-corrected chi connectivity index (χ2v) is 6.75. The molecule has 2 N–H and O–H groups in total. The highest BCUT2D eigenvalue weighted by Gasteiger charge is 2.28. The molecular weight excluding hydrogens is 278 g/mol. The summed E-state index contributed by atoms with van der Waals surface area (Å²) in [6.45, 7) is 4.00. The average Bonchev–Trinajstić information content (AvgIpc) is 2.46. The van der Waals surface area contributed by atoms with Gasteiger partial charge in [-0.15, -0.1) is 0 Å². The molecule has 7 heteroatoms. The molecule has 0 aromatic heterocycles. The van der Waals surface area contributed by atoms with Crippen LogP contribution < -0.4 is 5.73 Å². The number of hydrogen-bond acceptors (Lipinski definition) is 5. The van der Waals surface area contributed by atoms with Gasteiger partial charge >= 0.3 is 0 Å². The van der Waals surface area contributed by atoms with E-state index in [1.54, 1.807) is 31.4 Å². The van der Waals surface area contributed by atoms with Crippen molar-refractivity contribution in [3.05, 3.63) is 24.3 Å². The van der Waals surface area contributed by atoms with Crippen molar-refractivity contribution in [2.24, 2.45) is 0 Å². The van der Waals surface area contributed by atoms with E-state index in [0.717, 1.165) is 19.6 Å². The zero-order valence-corrected chi connectivity index (χ0v) is 12.5. The standard InChI is InChI=1S/C13H21N3O3S/c1-19-11-10-15-6-8-16(9-7-15)20(17,18)13-4-2-12(14)3-5-13/h2-5H,6-11,14H2,1H3. The molecule has 0 atom stereocenters. The first-order valence-electron chi connectivity index (χ1n) is 6.61. The van der Waals surface area contributed by atoms with Crippen molar-refractivity contribution >= 4 is 15.7 Å². The van der Waals surface area contributed by atoms with Gasteiger partial charge in [-0.3, -0.25) is 4.90 Å². The summed E-state index contributed by atoms with van der Waals surface area (Å²) in [7, 11) is -1.73. The van der Waals surface area contributed by atoms with Gasteiger partial charge in [0.2, 0.25) is 10.0 Å². The topological polar surface area (TPSA) is 75.9 Å². The minimum Gasteiger partial charge on any atom is -0.399 e. The van der Waals surface area contributed by atoms with Gasteiger partial charge in [-0.2, -0.15) is 4.31 Å². The fourth-order valence-corrected chi connectivity index (χ4v) is 3.62. The SMILES string of the molecule is COCCN1CCN(S(=O)(=O)c2ccc(N)cc2)CC1. The lowest BCUT2D eigenvalue weighted by molar-refractivity contribution is 0.123. The third-order valence-corrected chi connectivity index (χ3v) is 5.37. The highest BCUT2D eigenvalue weighted by molar-refractivity contribution is 7.89. The number of benzene rings is 1. The number of anilines is 1. The van der Waals surface area contributed by atoms with Gasteiger partial charge in [-0.05, 0) is 24.3 Å². The van der Waals surface area contributed by atoms with Gasteiger partial charge in [0.1, 0.15) is 0 Å². The Labute approximate surface area is 120 Å². The molecule has 1 fully saturated rings. The molecule has 1 aliphatic heterocycles. The molecule has 2 rings (SSSR count). The van der Waals surface area contributed by atoms with E-state index in [1.165, 1.54) is 4.31 Å². The van der Waals surface area contributed by atoms with Crippen molar-refractivity contribution in [1.82, 2.24) is 9.21 Å². The molecule has 1 aromatic carbocycles. The van der Waals surface area contributed by atoms with E-state index in [2.05, 4.69) is 4.90 Å². The minimum atomic E-state index is -3.40. The smallest absolute Gasteiger partial charge is 0.243 e. The van der Waals surface area contributed by atoms with E-state index < -0.39 is 10.0 Å². The van der Waals surface area contributed by atoms with Crippen molar-refractivity contribution in [2.75, 3.05) is 52.2 Å². The number of piperazine rings is 1. The Bertz CT molecular complexity index is 522. The number of rotatable bonds is 5. The maximum Gasteiger partial charge on any atom is 0.243 e. The second-order valence-electron chi connectivity index (χ2n) is 4.81. The van der Waals surface area contributed by atoms with E-state index in [9.17, 15) is 8.42 Å². The number of hydrogen-bond donors (Lipinski definition) is 1. The zero-order valence-electron chi connectivity index (χ0n) is 11.7. The van der Waals surface area contributed by atoms with Gasteiger partial charge in [0.05, 0.1) is 11.5 Å². The van der Waals surface area contributed by atoms with Crippen LogP contribution in [0.3, 0.4) is 0 Å². The maximum atomic E-state index is 12.5. The van der Waals surface area contributed by atoms with Crippen molar-refractivity contribution in [3.8, 4) is 0 Å². The molecule has 1 heterocycles. The predicted molar refractivity (Wildman–Crippen MR) is 77.9 cm³/mol. The number of methoxy groups -OCH3 is 1. The zero-order chi connectivity index (χ0) is 14.6. The van der Waals surface area contributed by atoms with Crippen molar-refractivity contribution in [3.63, 3.8) is 0 Å². The van der Waals surface area contributed by atoms with Crippen LogP contribution in [0, 0.1) is 0 Å². The lowest BCUT2D eigenvalue weighted by Gasteiger charge is -2.33. The summed E-state index contributed by atoms with van der Waals surface area (Å²) in [4.78, 5) is 2.51. The summed E-state index contributed by atoms with van der Waals surface area (Å²) < 4.78 is 31.5. The lowest BCUT2D eigenvalue weighted by Crippen LogP contribution is -2.49. The number of nitrogens with zero attached hydrogens (tertiary/aromatic N) is 2. The largest absolute Gasteiger partial charge is 0.399 e. The molecule has 1 aromatic rings. The molecule has 6 nitrogen and oxygen atoms in total. The molecule has 0 amide bonds. The Morgan fingerprint density at radius 1 is 1.15 bits per heavy atom. The fourth-order valence-electron chi connectivity index (χ4n) is 2.20. The van der Waals surface area contributed by atoms with E-state index in [0.29, 0.717) is 30.3 Å². The van der Waals surface area contributed by atoms with E-state index >= 15 is 0 Å². The Balaban J connectivity index is 2.00. The molecule has 0 radical (unpaired) electrons. The van der Waals surface area contributed by atoms with Crippen molar-refractivity contribution in [2.45, 2.75) is 4.90 Å². The van der Waals surface area contributed by atoms with Gasteiger partial charge in [-0.25, -0.2) is 8.42 Å². The first-order valence-corrected chi connectivity index (χ1v) is 8.05. The number of nitrogen functional groups attached to an aromatic ring is 1. The highest BCUT2D eigenvalue weighted by Crippen LogP contribution is 2.18. The molecule has 0 aliphatic carbocycles. The molecule has 20 heavy (non-hydrogen) atoms. The van der Waals surface area contributed by atoms with E-state index in [-0.39, 0.29) is 0 Å². The Hall–Kier alpha value is -1.15. The van der Waals surface area contributed by atoms with Crippen LogP contribution in [0.15, 0.2) is 29.2 Å². The van der Waals surface area contributed by atoms with Crippen molar-refractivity contribution < 1.29 is 13.2 Å². The summed E-state index contributed by atoms with van der Waals surface area (Å²) >= 11 is 0. The van der Waals surface area contributed by atoms with E-state index in [4.69, 9.17) is 10.5 Å². The predicted octanol–water partition coefficient (Wildman–Crippen LogP) is 0.222. The normalized spacial score (nSPS) is 18.2. The molecule has 112 valence electrons. The third kappa shape index (κ3) is 3.49. The highest BCUT2D eigenvalue weighted by atomic mass is 32.2. The Morgan fingerprint density at radius 3 is 2.30 bits per heavy atom. The number of sulfonamides is 1. The van der Waals surface area contributed by atoms with Gasteiger partial charge in [0.15, 0.2) is 0 Å². The van der Waals surface area contributed by atoms with Gasteiger partial charge < -0.3 is 10.5 Å². The summed E-state index contributed by atoms with van der Waals surface area (Å²) in [5.74, 6) is 0. The monoisotopic (exact) mass is 299 g/mol. The van der Waals surface area contributed by atoms with Crippen LogP contribution in [-0.4, -0.2) is 64.1 Å². The van der Waals surface area contributed by atoms with Crippen molar-refractivity contribution in [1.29, 1.82) is 0 Å². The van der Waals surface area contributed by atoms with E-state index in [1.807, 2.05) is 0 Å². The maximum absolute atomic E-state index is 12.5. The number of nitrogens with two attached hydrogens (primary N) is 1. The lowest BCUT2D eigenvalue weighted by atomic mass is 10.3. The molecule has 0 saturated carbocycles. The molecule has 1 aliphatic rings. The quantitative estimate of drug-likeness (QED) is 0.787. The molecule has 0 bridgehead atoms. The first-order chi connectivity index (χ1) is 9.54. The summed E-state index contributed by atoms with van der Waals surface area (Å²) in [5.41, 5.74) is 6.15. The first kappa shape index (κ1) is 15.2. The van der Waals surface area contributed by atoms with Crippen LogP contribution in [0.2, 0.25) is 0 Å². The molecule has 0 unspecified atom stereocenters. The van der Waals surface area contributed by atoms with Gasteiger partial charge in [-0.1, -0.05) is 0 Å². The summed E-state index contributed by atoms with van der Waals surface area (Å²) in [6.07, 6.45) is 0. The Morgan fingerprint density at radius 2 is 1.75 bits per heavy atom. The summed E-state index contributed by atoms with van der Waals surface area (Å²) in [5, 5.41) is 0.